The lowest BCUT2D eigenvalue weighted by Gasteiger charge is -2.32. The van der Waals surface area contributed by atoms with Crippen LogP contribution in [0.2, 0.25) is 5.02 Å². The number of hydrogen-bond donors (Lipinski definition) is 0. The summed E-state index contributed by atoms with van der Waals surface area (Å²) in [5.41, 5.74) is 3.75. The van der Waals surface area contributed by atoms with E-state index < -0.39 is 29.8 Å². The van der Waals surface area contributed by atoms with E-state index in [1.807, 2.05) is 39.0 Å². The average molecular weight is 538 g/mol. The highest BCUT2D eigenvalue weighted by Gasteiger charge is 2.51. The molecule has 2 heterocycles. The van der Waals surface area contributed by atoms with E-state index >= 15 is 0 Å². The van der Waals surface area contributed by atoms with Gasteiger partial charge in [-0.1, -0.05) is 18.0 Å². The fraction of sp³-hybridized carbons (Fsp3) is 0.500. The molecule has 0 bridgehead atoms. The van der Waals surface area contributed by atoms with Crippen molar-refractivity contribution >= 4 is 29.4 Å². The highest BCUT2D eigenvalue weighted by atomic mass is 35.5. The molecule has 1 saturated carbocycles. The number of amides is 1. The molecule has 0 radical (unpaired) electrons. The Morgan fingerprint density at radius 3 is 2.61 bits per heavy atom. The van der Waals surface area contributed by atoms with E-state index in [1.165, 1.54) is 0 Å². The number of fused-ring (bicyclic) bond motifs is 5. The second-order valence-corrected chi connectivity index (χ2v) is 12.3. The Hall–Kier alpha value is -3.06. The van der Waals surface area contributed by atoms with Gasteiger partial charge < -0.3 is 14.2 Å². The van der Waals surface area contributed by atoms with E-state index in [4.69, 9.17) is 25.8 Å². The highest BCUT2D eigenvalue weighted by molar-refractivity contribution is 6.30. The molecule has 2 aliphatic heterocycles. The largest absolute Gasteiger partial charge is 0.488 e. The van der Waals surface area contributed by atoms with Crippen LogP contribution in [0.25, 0.3) is 11.1 Å². The van der Waals surface area contributed by atoms with Gasteiger partial charge in [0.2, 0.25) is 5.78 Å². The zero-order chi connectivity index (χ0) is 26.8. The van der Waals surface area contributed by atoms with E-state index in [-0.39, 0.29) is 17.7 Å². The number of halogens is 1. The lowest BCUT2D eigenvalue weighted by atomic mass is 9.83. The first-order valence-electron chi connectivity index (χ1n) is 13.4. The van der Waals surface area contributed by atoms with E-state index in [2.05, 4.69) is 6.07 Å². The third-order valence-electron chi connectivity index (χ3n) is 8.15. The average Bonchev–Trinajstić information content (AvgIpc) is 3.45. The number of rotatable bonds is 2. The quantitative estimate of drug-likeness (QED) is 0.429. The minimum atomic E-state index is -0.871. The predicted octanol–water partition coefficient (Wildman–Crippen LogP) is 6.12. The van der Waals surface area contributed by atoms with Gasteiger partial charge in [0.15, 0.2) is 6.10 Å². The summed E-state index contributed by atoms with van der Waals surface area (Å²) < 4.78 is 17.4. The van der Waals surface area contributed by atoms with Crippen LogP contribution in [0.5, 0.6) is 5.75 Å². The number of aryl methyl sites for hydroxylation is 1. The molecule has 0 spiro atoms. The first-order valence-corrected chi connectivity index (χ1v) is 13.8. The fourth-order valence-corrected chi connectivity index (χ4v) is 6.65. The number of likely N-dealkylation sites (tertiary alicyclic amines) is 1. The normalized spacial score (nSPS) is 25.6. The van der Waals surface area contributed by atoms with Gasteiger partial charge in [-0.2, -0.15) is 0 Å². The maximum atomic E-state index is 13.5. The summed E-state index contributed by atoms with van der Waals surface area (Å²) in [5.74, 6) is 0.271. The molecule has 2 aromatic rings. The van der Waals surface area contributed by atoms with Crippen LogP contribution in [0, 0.1) is 5.92 Å². The Bertz CT molecular complexity index is 1330. The molecular formula is C30H32ClNO6. The van der Waals surface area contributed by atoms with Crippen LogP contribution in [0.15, 0.2) is 30.3 Å². The standard InChI is InChI=1S/C30H32ClNO6/c1-30(2,3)38-29(35)32-23-6-4-5-17(23)13-24(32)28(34)37-25-10-7-16-11-21-18(12-22(16)27(25)33)15-36-26-14-19(31)8-9-20(21)26/h8-9,11-12,14,17,23-25H,4-7,10,13,15H2,1-3H3/t17-,23-,24-,25?/m0/s1. The van der Waals surface area contributed by atoms with Gasteiger partial charge in [-0.15, -0.1) is 0 Å². The van der Waals surface area contributed by atoms with E-state index in [9.17, 15) is 14.4 Å². The van der Waals surface area contributed by atoms with E-state index in [1.54, 1.807) is 11.0 Å². The van der Waals surface area contributed by atoms with Crippen LogP contribution >= 0.6 is 11.6 Å². The van der Waals surface area contributed by atoms with Gasteiger partial charge in [0.05, 0.1) is 0 Å². The summed E-state index contributed by atoms with van der Waals surface area (Å²) in [7, 11) is 0. The second kappa shape index (κ2) is 9.30. The van der Waals surface area contributed by atoms with Gasteiger partial charge in [-0.25, -0.2) is 9.59 Å². The summed E-state index contributed by atoms with van der Waals surface area (Å²) in [6, 6.07) is 8.75. The Balaban J connectivity index is 1.21. The maximum Gasteiger partial charge on any atom is 0.411 e. The molecule has 2 aromatic carbocycles. The topological polar surface area (TPSA) is 82.1 Å². The number of ether oxygens (including phenoxy) is 3. The fourth-order valence-electron chi connectivity index (χ4n) is 6.49. The van der Waals surface area contributed by atoms with Crippen molar-refractivity contribution in [1.29, 1.82) is 0 Å². The maximum absolute atomic E-state index is 13.5. The molecule has 200 valence electrons. The van der Waals surface area contributed by atoms with Crippen molar-refractivity contribution in [1.82, 2.24) is 4.90 Å². The van der Waals surface area contributed by atoms with Crippen molar-refractivity contribution in [2.75, 3.05) is 0 Å². The van der Waals surface area contributed by atoms with Gasteiger partial charge in [-0.05, 0) is 106 Å². The SMILES string of the molecule is CC(C)(C)OC(=O)N1[C@H](C(=O)OC2CCc3cc4c(cc3C2=O)COc2cc(Cl)ccc2-4)C[C@@H]2CCC[C@@H]21. The van der Waals surface area contributed by atoms with E-state index in [0.29, 0.717) is 36.5 Å². The molecule has 2 aliphatic carbocycles. The monoisotopic (exact) mass is 537 g/mol. The summed E-state index contributed by atoms with van der Waals surface area (Å²) >= 11 is 6.13. The number of carbonyl (C=O) groups excluding carboxylic acids is 3. The van der Waals surface area contributed by atoms with Crippen LogP contribution < -0.4 is 4.74 Å². The van der Waals surface area contributed by atoms with Gasteiger partial charge >= 0.3 is 12.1 Å². The Morgan fingerprint density at radius 2 is 1.82 bits per heavy atom. The smallest absolute Gasteiger partial charge is 0.411 e. The number of Topliss-reactive ketones (excluding diaryl/α,β-unsaturated/α-hetero) is 1. The van der Waals surface area contributed by atoms with Crippen molar-refractivity contribution in [2.45, 2.75) is 89.7 Å². The molecular weight excluding hydrogens is 506 g/mol. The first kappa shape index (κ1) is 25.2. The van der Waals surface area contributed by atoms with Crippen LogP contribution in [0.1, 0.15) is 74.4 Å². The third-order valence-corrected chi connectivity index (χ3v) is 8.39. The van der Waals surface area contributed by atoms with Gasteiger partial charge in [0, 0.05) is 22.2 Å². The molecule has 6 rings (SSSR count). The minimum Gasteiger partial charge on any atom is -0.488 e. The highest BCUT2D eigenvalue weighted by Crippen LogP contribution is 2.44. The number of benzene rings is 2. The minimum absolute atomic E-state index is 0.0190. The number of carbonyl (C=O) groups is 3. The van der Waals surface area contributed by atoms with Crippen molar-refractivity contribution < 1.29 is 28.6 Å². The van der Waals surface area contributed by atoms with Crippen molar-refractivity contribution in [3.05, 3.63) is 52.0 Å². The molecule has 7 nitrogen and oxygen atoms in total. The molecule has 1 unspecified atom stereocenters. The number of ketones is 1. The molecule has 8 heteroatoms. The van der Waals surface area contributed by atoms with Crippen LogP contribution in [0.4, 0.5) is 4.79 Å². The van der Waals surface area contributed by atoms with Crippen LogP contribution in [-0.4, -0.2) is 46.5 Å². The predicted molar refractivity (Wildman–Crippen MR) is 141 cm³/mol. The molecule has 4 atom stereocenters. The summed E-state index contributed by atoms with van der Waals surface area (Å²) in [5, 5.41) is 0.612. The number of hydrogen-bond acceptors (Lipinski definition) is 6. The summed E-state index contributed by atoms with van der Waals surface area (Å²) in [6.07, 6.45) is 3.08. The number of esters is 1. The lowest BCUT2D eigenvalue weighted by Crippen LogP contribution is -2.49. The second-order valence-electron chi connectivity index (χ2n) is 11.8. The van der Waals surface area contributed by atoms with E-state index in [0.717, 1.165) is 47.3 Å². The number of nitrogens with zero attached hydrogens (tertiary/aromatic N) is 1. The molecule has 38 heavy (non-hydrogen) atoms. The zero-order valence-corrected chi connectivity index (χ0v) is 22.7. The van der Waals surface area contributed by atoms with Gasteiger partial charge in [0.1, 0.15) is 24.0 Å². The Labute approximate surface area is 227 Å². The molecule has 2 fully saturated rings. The summed E-state index contributed by atoms with van der Waals surface area (Å²) in [4.78, 5) is 41.6. The first-order chi connectivity index (χ1) is 18.1. The molecule has 0 N–H and O–H groups in total. The molecule has 1 amide bonds. The molecule has 0 aromatic heterocycles. The third kappa shape index (κ3) is 4.45. The van der Waals surface area contributed by atoms with Crippen LogP contribution in [0.3, 0.4) is 0 Å². The summed E-state index contributed by atoms with van der Waals surface area (Å²) in [6.45, 7) is 5.78. The molecule has 4 aliphatic rings. The Kier molecular flexibility index (Phi) is 6.17. The van der Waals surface area contributed by atoms with Crippen molar-refractivity contribution in [3.63, 3.8) is 0 Å². The van der Waals surface area contributed by atoms with Gasteiger partial charge in [-0.3, -0.25) is 9.69 Å². The zero-order valence-electron chi connectivity index (χ0n) is 21.9. The van der Waals surface area contributed by atoms with Gasteiger partial charge in [0.25, 0.3) is 0 Å². The van der Waals surface area contributed by atoms with Crippen molar-refractivity contribution in [3.8, 4) is 16.9 Å². The lowest BCUT2D eigenvalue weighted by molar-refractivity contribution is -0.153. The van der Waals surface area contributed by atoms with Crippen LogP contribution in [-0.2, 0) is 27.3 Å². The Morgan fingerprint density at radius 1 is 1.03 bits per heavy atom. The van der Waals surface area contributed by atoms with Crippen molar-refractivity contribution in [2.24, 2.45) is 5.92 Å². The molecule has 1 saturated heterocycles.